The molecular weight excluding hydrogens is 392 g/mol. The number of hydrogen-bond donors (Lipinski definition) is 0. The van der Waals surface area contributed by atoms with Gasteiger partial charge in [0.15, 0.2) is 0 Å². The maximum absolute atomic E-state index is 13.3. The summed E-state index contributed by atoms with van der Waals surface area (Å²) >= 11 is 0.521. The molecule has 1 aliphatic carbocycles. The van der Waals surface area contributed by atoms with Crippen LogP contribution >= 0.6 is 11.8 Å². The summed E-state index contributed by atoms with van der Waals surface area (Å²) < 4.78 is 14.9. The Morgan fingerprint density at radius 3 is 2.57 bits per heavy atom. The average molecular weight is 425 g/mol. The van der Waals surface area contributed by atoms with Crippen LogP contribution in [0.25, 0.3) is 0 Å². The van der Waals surface area contributed by atoms with Crippen LogP contribution in [0.5, 0.6) is 0 Å². The van der Waals surface area contributed by atoms with Crippen LogP contribution in [-0.2, 0) is 11.4 Å². The number of hydrogen-bond acceptors (Lipinski definition) is 5. The smallest absolute Gasteiger partial charge is 0.269 e. The number of nitro benzene ring substituents is 1. The molecule has 0 spiro atoms. The molecule has 2 atom stereocenters. The first-order valence-corrected chi connectivity index (χ1v) is 11.9. The monoisotopic (exact) mass is 424 g/mol. The van der Waals surface area contributed by atoms with Gasteiger partial charge in [0, 0.05) is 40.2 Å². The van der Waals surface area contributed by atoms with Crippen LogP contribution in [0.3, 0.4) is 0 Å². The van der Waals surface area contributed by atoms with E-state index in [0.717, 1.165) is 29.7 Å². The lowest BCUT2D eigenvalue weighted by Gasteiger charge is -2.37. The maximum atomic E-state index is 13.3. The van der Waals surface area contributed by atoms with Gasteiger partial charge in [-0.25, -0.2) is 0 Å². The van der Waals surface area contributed by atoms with Crippen molar-refractivity contribution in [2.75, 3.05) is 6.54 Å². The predicted octanol–water partition coefficient (Wildman–Crippen LogP) is 6.03. The van der Waals surface area contributed by atoms with Gasteiger partial charge in [0.05, 0.1) is 11.0 Å². The van der Waals surface area contributed by atoms with Crippen molar-refractivity contribution in [3.63, 3.8) is 0 Å². The minimum absolute atomic E-state index is 0.0667. The largest absolute Gasteiger partial charge is 0.597 e. The number of benzene rings is 1. The molecule has 2 unspecified atom stereocenters. The zero-order chi connectivity index (χ0) is 20.9. The van der Waals surface area contributed by atoms with Gasteiger partial charge in [-0.05, 0) is 51.7 Å². The molecular formula is C21H32N2O3S2. The van der Waals surface area contributed by atoms with Crippen molar-refractivity contribution in [3.05, 3.63) is 46.5 Å². The molecule has 0 radical (unpaired) electrons. The molecule has 0 amide bonds. The molecule has 1 saturated carbocycles. The summed E-state index contributed by atoms with van der Waals surface area (Å²) in [5.41, 5.74) is 0.909. The van der Waals surface area contributed by atoms with E-state index in [-0.39, 0.29) is 16.7 Å². The lowest BCUT2D eigenvalue weighted by Crippen LogP contribution is -2.45. The SMILES string of the molecule is C=CC(c1cc([N+](=O)[O-])ccc1SC1CC1)N(CCCCC)[S+]([O-])C(C)(C)C. The molecule has 0 heterocycles. The Balaban J connectivity index is 2.45. The van der Waals surface area contributed by atoms with E-state index in [1.165, 1.54) is 12.8 Å². The Hall–Kier alpha value is -1.02. The molecule has 5 nitrogen and oxygen atoms in total. The molecule has 0 bridgehead atoms. The normalized spacial score (nSPS) is 16.8. The highest BCUT2D eigenvalue weighted by Crippen LogP contribution is 2.44. The number of nitrogens with zero attached hydrogens (tertiary/aromatic N) is 2. The van der Waals surface area contributed by atoms with Gasteiger partial charge in [0.25, 0.3) is 5.69 Å². The van der Waals surface area contributed by atoms with Gasteiger partial charge >= 0.3 is 0 Å². The average Bonchev–Trinajstić information content (AvgIpc) is 3.44. The van der Waals surface area contributed by atoms with E-state index in [1.54, 1.807) is 30.0 Å². The van der Waals surface area contributed by atoms with Crippen LogP contribution in [-0.4, -0.2) is 30.3 Å². The standard InChI is InChI=1S/C21H32N2O3S2/c1-6-8-9-14-22(28(26)21(3,4)5)19(7-2)18-15-16(23(24)25)10-13-20(18)27-17-11-12-17/h7,10,13,15,17,19H,2,6,8-9,11-12,14H2,1,3-5H3. The summed E-state index contributed by atoms with van der Waals surface area (Å²) in [5, 5.41) is 12.0. The topological polar surface area (TPSA) is 69.4 Å². The Labute approximate surface area is 176 Å². The fourth-order valence-electron chi connectivity index (χ4n) is 2.95. The molecule has 0 saturated heterocycles. The van der Waals surface area contributed by atoms with Crippen molar-refractivity contribution in [1.82, 2.24) is 4.31 Å². The molecule has 1 fully saturated rings. The number of thioether (sulfide) groups is 1. The van der Waals surface area contributed by atoms with E-state index in [9.17, 15) is 14.7 Å². The Bertz CT molecular complexity index is 687. The molecule has 2 rings (SSSR count). The van der Waals surface area contributed by atoms with Crippen LogP contribution in [0.2, 0.25) is 0 Å². The Kier molecular flexibility index (Phi) is 8.43. The molecule has 0 aromatic heterocycles. The molecule has 28 heavy (non-hydrogen) atoms. The van der Waals surface area contributed by atoms with Crippen molar-refractivity contribution in [2.45, 2.75) is 80.7 Å². The van der Waals surface area contributed by atoms with Crippen molar-refractivity contribution >= 4 is 28.8 Å². The fourth-order valence-corrected chi connectivity index (χ4v) is 5.55. The van der Waals surface area contributed by atoms with E-state index in [1.807, 2.05) is 31.1 Å². The summed E-state index contributed by atoms with van der Waals surface area (Å²) in [6, 6.07) is 4.73. The van der Waals surface area contributed by atoms with Gasteiger partial charge in [-0.2, -0.15) is 0 Å². The zero-order valence-electron chi connectivity index (χ0n) is 17.3. The van der Waals surface area contributed by atoms with Gasteiger partial charge in [-0.1, -0.05) is 25.8 Å². The fraction of sp³-hybridized carbons (Fsp3) is 0.619. The summed E-state index contributed by atoms with van der Waals surface area (Å²) in [7, 11) is 0. The highest BCUT2D eigenvalue weighted by molar-refractivity contribution is 8.00. The number of rotatable bonds is 11. The molecule has 1 aromatic rings. The van der Waals surface area contributed by atoms with Gasteiger partial charge in [-0.15, -0.1) is 22.6 Å². The highest BCUT2D eigenvalue weighted by atomic mass is 32.2. The molecule has 156 valence electrons. The first-order valence-electron chi connectivity index (χ1n) is 9.95. The maximum Gasteiger partial charge on any atom is 0.269 e. The Morgan fingerprint density at radius 1 is 1.39 bits per heavy atom. The van der Waals surface area contributed by atoms with Crippen molar-refractivity contribution in [2.24, 2.45) is 0 Å². The zero-order valence-corrected chi connectivity index (χ0v) is 19.0. The van der Waals surface area contributed by atoms with Crippen molar-refractivity contribution < 1.29 is 9.48 Å². The van der Waals surface area contributed by atoms with Gasteiger partial charge in [-0.3, -0.25) is 10.1 Å². The van der Waals surface area contributed by atoms with Gasteiger partial charge < -0.3 is 4.55 Å². The first kappa shape index (κ1) is 23.3. The Morgan fingerprint density at radius 2 is 2.07 bits per heavy atom. The number of unbranched alkanes of at least 4 members (excludes halogenated alkanes) is 2. The van der Waals surface area contributed by atoms with E-state index in [4.69, 9.17) is 0 Å². The van der Waals surface area contributed by atoms with Crippen LogP contribution in [0.15, 0.2) is 35.7 Å². The van der Waals surface area contributed by atoms with Gasteiger partial charge in [0.1, 0.15) is 4.75 Å². The van der Waals surface area contributed by atoms with Crippen LogP contribution < -0.4 is 0 Å². The predicted molar refractivity (Wildman–Crippen MR) is 119 cm³/mol. The lowest BCUT2D eigenvalue weighted by molar-refractivity contribution is -0.385. The minimum Gasteiger partial charge on any atom is -0.597 e. The molecule has 0 N–H and O–H groups in total. The third-order valence-corrected chi connectivity index (χ3v) is 7.91. The number of non-ortho nitro benzene ring substituents is 1. The summed E-state index contributed by atoms with van der Waals surface area (Å²) in [5.74, 6) is 0. The molecule has 1 aliphatic rings. The summed E-state index contributed by atoms with van der Waals surface area (Å²) in [6.45, 7) is 12.7. The van der Waals surface area contributed by atoms with E-state index in [2.05, 4.69) is 13.5 Å². The molecule has 7 heteroatoms. The van der Waals surface area contributed by atoms with Crippen LogP contribution in [0.1, 0.15) is 71.4 Å². The van der Waals surface area contributed by atoms with E-state index >= 15 is 0 Å². The quantitative estimate of drug-likeness (QED) is 0.143. The third-order valence-electron chi connectivity index (χ3n) is 4.59. The van der Waals surface area contributed by atoms with E-state index in [0.29, 0.717) is 11.8 Å². The van der Waals surface area contributed by atoms with Gasteiger partial charge in [0.2, 0.25) is 0 Å². The summed E-state index contributed by atoms with van der Waals surface area (Å²) in [4.78, 5) is 12.1. The number of nitro groups is 1. The second-order valence-electron chi connectivity index (χ2n) is 8.19. The second-order valence-corrected chi connectivity index (χ2v) is 11.7. The molecule has 1 aromatic carbocycles. The lowest BCUT2D eigenvalue weighted by atomic mass is 10.1. The summed E-state index contributed by atoms with van der Waals surface area (Å²) in [6.07, 6.45) is 7.20. The highest BCUT2D eigenvalue weighted by Gasteiger charge is 2.38. The third kappa shape index (κ3) is 6.24. The van der Waals surface area contributed by atoms with E-state index < -0.39 is 16.1 Å². The first-order chi connectivity index (χ1) is 13.2. The van der Waals surface area contributed by atoms with Crippen molar-refractivity contribution in [3.8, 4) is 0 Å². The second kappa shape index (κ2) is 10.1. The molecule has 0 aliphatic heterocycles. The minimum atomic E-state index is -1.25. The van der Waals surface area contributed by atoms with Crippen molar-refractivity contribution in [1.29, 1.82) is 0 Å². The van der Waals surface area contributed by atoms with Crippen LogP contribution in [0, 0.1) is 10.1 Å². The van der Waals surface area contributed by atoms with Crippen LogP contribution in [0.4, 0.5) is 5.69 Å².